The summed E-state index contributed by atoms with van der Waals surface area (Å²) in [4.78, 5) is 0. The molecule has 0 atom stereocenters. The Balaban J connectivity index is 3.29. The van der Waals surface area contributed by atoms with Crippen molar-refractivity contribution in [3.8, 4) is 0 Å². The minimum Gasteiger partial charge on any atom is -0.392 e. The molecule has 0 rings (SSSR count). The van der Waals surface area contributed by atoms with Crippen molar-refractivity contribution in [2.45, 2.75) is 6.92 Å². The first-order valence-corrected chi connectivity index (χ1v) is 2.36. The van der Waals surface area contributed by atoms with Crippen LogP contribution in [0.2, 0.25) is 0 Å². The summed E-state index contributed by atoms with van der Waals surface area (Å²) < 4.78 is 0. The second-order valence-corrected chi connectivity index (χ2v) is 1.37. The van der Waals surface area contributed by atoms with E-state index in [0.29, 0.717) is 6.54 Å². The third-order valence-corrected chi connectivity index (χ3v) is 0.818. The minimum atomic E-state index is 0.618. The van der Waals surface area contributed by atoms with E-state index in [9.17, 15) is 0 Å². The van der Waals surface area contributed by atoms with E-state index in [1.807, 2.05) is 20.0 Å². The molecular weight excluding hydrogens is 88.1 g/mol. The summed E-state index contributed by atoms with van der Waals surface area (Å²) in [6.45, 7) is 2.60. The van der Waals surface area contributed by atoms with Crippen molar-refractivity contribution < 1.29 is 0 Å². The van der Waals surface area contributed by atoms with E-state index in [1.165, 1.54) is 0 Å². The molecule has 0 aromatic rings. The van der Waals surface area contributed by atoms with Gasteiger partial charge in [0.2, 0.25) is 0 Å². The van der Waals surface area contributed by atoms with Gasteiger partial charge in [-0.05, 0) is 6.92 Å². The zero-order chi connectivity index (χ0) is 5.70. The third-order valence-electron chi connectivity index (χ3n) is 0.818. The second kappa shape index (κ2) is 3.68. The Morgan fingerprint density at radius 2 is 2.43 bits per heavy atom. The van der Waals surface area contributed by atoms with Gasteiger partial charge in [-0.3, -0.25) is 0 Å². The van der Waals surface area contributed by atoms with E-state index in [-0.39, 0.29) is 0 Å². The van der Waals surface area contributed by atoms with Crippen molar-refractivity contribution >= 4 is 0 Å². The highest BCUT2D eigenvalue weighted by Gasteiger charge is 1.74. The van der Waals surface area contributed by atoms with E-state index in [0.717, 1.165) is 5.70 Å². The van der Waals surface area contributed by atoms with Crippen LogP contribution in [0.5, 0.6) is 0 Å². The summed E-state index contributed by atoms with van der Waals surface area (Å²) in [6, 6.07) is 0. The van der Waals surface area contributed by atoms with Crippen LogP contribution in [0, 0.1) is 0 Å². The zero-order valence-corrected chi connectivity index (χ0v) is 4.86. The molecule has 7 heavy (non-hydrogen) atoms. The predicted molar refractivity (Wildman–Crippen MR) is 31.9 cm³/mol. The SMILES string of the molecule is CN/C(C)=C\CN. The first-order chi connectivity index (χ1) is 3.31. The largest absolute Gasteiger partial charge is 0.392 e. The van der Waals surface area contributed by atoms with Gasteiger partial charge in [-0.2, -0.15) is 0 Å². The lowest BCUT2D eigenvalue weighted by Gasteiger charge is -1.93. The summed E-state index contributed by atoms with van der Waals surface area (Å²) in [5.41, 5.74) is 6.32. The summed E-state index contributed by atoms with van der Waals surface area (Å²) in [5.74, 6) is 0. The minimum absolute atomic E-state index is 0.618. The van der Waals surface area contributed by atoms with Crippen LogP contribution in [-0.4, -0.2) is 13.6 Å². The molecule has 0 aromatic carbocycles. The molecule has 0 spiro atoms. The van der Waals surface area contributed by atoms with Gasteiger partial charge in [0.15, 0.2) is 0 Å². The fourth-order valence-electron chi connectivity index (χ4n) is 0.279. The van der Waals surface area contributed by atoms with Gasteiger partial charge in [0.25, 0.3) is 0 Å². The van der Waals surface area contributed by atoms with Crippen molar-refractivity contribution in [1.82, 2.24) is 5.32 Å². The van der Waals surface area contributed by atoms with Crippen LogP contribution in [-0.2, 0) is 0 Å². The highest BCUT2D eigenvalue weighted by atomic mass is 14.8. The molecule has 0 saturated heterocycles. The molecule has 0 radical (unpaired) electrons. The summed E-state index contributed by atoms with van der Waals surface area (Å²) >= 11 is 0. The number of nitrogens with one attached hydrogen (secondary N) is 1. The van der Waals surface area contributed by atoms with Crippen molar-refractivity contribution in [2.75, 3.05) is 13.6 Å². The molecule has 3 N–H and O–H groups in total. The normalized spacial score (nSPS) is 11.6. The van der Waals surface area contributed by atoms with Crippen molar-refractivity contribution in [3.05, 3.63) is 11.8 Å². The first-order valence-electron chi connectivity index (χ1n) is 2.36. The van der Waals surface area contributed by atoms with Crippen LogP contribution in [0.4, 0.5) is 0 Å². The smallest absolute Gasteiger partial charge is 0.0126 e. The molecule has 42 valence electrons. The third kappa shape index (κ3) is 3.33. The van der Waals surface area contributed by atoms with Crippen LogP contribution < -0.4 is 11.1 Å². The molecule has 0 aliphatic heterocycles. The van der Waals surface area contributed by atoms with Crippen LogP contribution in [0.3, 0.4) is 0 Å². The highest BCUT2D eigenvalue weighted by Crippen LogP contribution is 1.78. The number of nitrogens with two attached hydrogens (primary N) is 1. The second-order valence-electron chi connectivity index (χ2n) is 1.37. The van der Waals surface area contributed by atoms with Gasteiger partial charge in [-0.1, -0.05) is 6.08 Å². The number of hydrogen-bond acceptors (Lipinski definition) is 2. The fourth-order valence-corrected chi connectivity index (χ4v) is 0.279. The molecule has 0 heterocycles. The van der Waals surface area contributed by atoms with Gasteiger partial charge in [0, 0.05) is 19.3 Å². The van der Waals surface area contributed by atoms with Crippen molar-refractivity contribution in [3.63, 3.8) is 0 Å². The number of rotatable bonds is 2. The molecular formula is C5H12N2. The fraction of sp³-hybridized carbons (Fsp3) is 0.600. The quantitative estimate of drug-likeness (QED) is 0.515. The van der Waals surface area contributed by atoms with Gasteiger partial charge >= 0.3 is 0 Å². The topological polar surface area (TPSA) is 38.0 Å². The molecule has 0 aromatic heterocycles. The van der Waals surface area contributed by atoms with E-state index in [2.05, 4.69) is 5.32 Å². The average Bonchev–Trinajstić information content (AvgIpc) is 1.68. The van der Waals surface area contributed by atoms with Gasteiger partial charge in [0.1, 0.15) is 0 Å². The lowest BCUT2D eigenvalue weighted by molar-refractivity contribution is 0.973. The van der Waals surface area contributed by atoms with Gasteiger partial charge in [-0.15, -0.1) is 0 Å². The molecule has 0 fully saturated rings. The monoisotopic (exact) mass is 100 g/mol. The van der Waals surface area contributed by atoms with E-state index >= 15 is 0 Å². The van der Waals surface area contributed by atoms with Crippen molar-refractivity contribution in [1.29, 1.82) is 0 Å². The molecule has 0 aliphatic rings. The molecule has 2 nitrogen and oxygen atoms in total. The Labute approximate surface area is 44.4 Å². The summed E-state index contributed by atoms with van der Waals surface area (Å²) in [5, 5.41) is 2.95. The molecule has 0 amide bonds. The maximum absolute atomic E-state index is 5.19. The van der Waals surface area contributed by atoms with Gasteiger partial charge < -0.3 is 11.1 Å². The van der Waals surface area contributed by atoms with E-state index in [1.54, 1.807) is 0 Å². The lowest BCUT2D eigenvalue weighted by atomic mass is 10.4. The molecule has 0 aliphatic carbocycles. The summed E-state index contributed by atoms with van der Waals surface area (Å²) in [6.07, 6.45) is 1.93. The molecule has 0 saturated carbocycles. The van der Waals surface area contributed by atoms with Crippen LogP contribution in [0.15, 0.2) is 11.8 Å². The molecule has 0 unspecified atom stereocenters. The maximum atomic E-state index is 5.19. The standard InChI is InChI=1S/C5H12N2/c1-5(7-2)3-4-6/h3,7H,4,6H2,1-2H3/b5-3-. The van der Waals surface area contributed by atoms with Crippen LogP contribution in [0.25, 0.3) is 0 Å². The van der Waals surface area contributed by atoms with E-state index < -0.39 is 0 Å². The highest BCUT2D eigenvalue weighted by molar-refractivity contribution is 4.94. The number of hydrogen-bond donors (Lipinski definition) is 2. The molecule has 2 heteroatoms. The van der Waals surface area contributed by atoms with Crippen LogP contribution >= 0.6 is 0 Å². The van der Waals surface area contributed by atoms with Crippen LogP contribution in [0.1, 0.15) is 6.92 Å². The van der Waals surface area contributed by atoms with E-state index in [4.69, 9.17) is 5.73 Å². The Hall–Kier alpha value is -0.500. The first kappa shape index (κ1) is 6.50. The van der Waals surface area contributed by atoms with Gasteiger partial charge in [0.05, 0.1) is 0 Å². The molecule has 0 bridgehead atoms. The van der Waals surface area contributed by atoms with Crippen molar-refractivity contribution in [2.24, 2.45) is 5.73 Å². The van der Waals surface area contributed by atoms with Gasteiger partial charge in [-0.25, -0.2) is 0 Å². The summed E-state index contributed by atoms with van der Waals surface area (Å²) in [7, 11) is 1.88. The zero-order valence-electron chi connectivity index (χ0n) is 4.86. The Morgan fingerprint density at radius 1 is 1.86 bits per heavy atom. The number of allylic oxidation sites excluding steroid dienone is 1. The Kier molecular flexibility index (Phi) is 3.42. The average molecular weight is 100 g/mol. The predicted octanol–water partition coefficient (Wildman–Crippen LogP) is 0.0683. The lowest BCUT2D eigenvalue weighted by Crippen LogP contribution is -2.04. The Bertz CT molecular complexity index is 66.5. The Morgan fingerprint density at radius 3 is 2.57 bits per heavy atom. The maximum Gasteiger partial charge on any atom is 0.0126 e.